The number of para-hydroxylation sites is 2. The lowest BCUT2D eigenvalue weighted by atomic mass is 9.95. The summed E-state index contributed by atoms with van der Waals surface area (Å²) < 4.78 is 19.4. The summed E-state index contributed by atoms with van der Waals surface area (Å²) in [5.41, 5.74) is 1.38. The predicted molar refractivity (Wildman–Crippen MR) is 133 cm³/mol. The SMILES string of the molecule is Cc1ccnc(NC(=O)C2CCN(C(=O)c3ccccc3OCC(=O)Nc3ccccc3F)CC2)c1. The Bertz CT molecular complexity index is 1260. The Kier molecular flexibility index (Phi) is 7.89. The van der Waals surface area contributed by atoms with Crippen molar-refractivity contribution in [3.05, 3.63) is 83.8 Å². The predicted octanol–water partition coefficient (Wildman–Crippen LogP) is 4.04. The minimum Gasteiger partial charge on any atom is -0.483 e. The van der Waals surface area contributed by atoms with Gasteiger partial charge < -0.3 is 20.3 Å². The molecule has 0 aliphatic carbocycles. The van der Waals surface area contributed by atoms with Gasteiger partial charge in [0, 0.05) is 25.2 Å². The number of hydrogen-bond donors (Lipinski definition) is 2. The maximum atomic E-state index is 13.8. The maximum absolute atomic E-state index is 13.8. The number of carbonyl (C=O) groups is 3. The number of amides is 3. The summed E-state index contributed by atoms with van der Waals surface area (Å²) in [6, 6.07) is 16.2. The zero-order valence-electron chi connectivity index (χ0n) is 19.9. The Labute approximate surface area is 208 Å². The van der Waals surface area contributed by atoms with E-state index in [1.54, 1.807) is 41.4 Å². The summed E-state index contributed by atoms with van der Waals surface area (Å²) in [7, 11) is 0. The van der Waals surface area contributed by atoms with Crippen LogP contribution in [-0.4, -0.2) is 47.3 Å². The molecule has 2 N–H and O–H groups in total. The lowest BCUT2D eigenvalue weighted by Crippen LogP contribution is -2.41. The Morgan fingerprint density at radius 1 is 1.03 bits per heavy atom. The highest BCUT2D eigenvalue weighted by Crippen LogP contribution is 2.25. The second-order valence-corrected chi connectivity index (χ2v) is 8.59. The highest BCUT2D eigenvalue weighted by atomic mass is 19.1. The molecule has 3 amide bonds. The van der Waals surface area contributed by atoms with E-state index in [4.69, 9.17) is 4.74 Å². The Balaban J connectivity index is 1.32. The number of pyridine rings is 1. The number of nitrogens with zero attached hydrogens (tertiary/aromatic N) is 2. The highest BCUT2D eigenvalue weighted by Gasteiger charge is 2.29. The molecule has 2 heterocycles. The van der Waals surface area contributed by atoms with Gasteiger partial charge in [0.15, 0.2) is 6.61 Å². The summed E-state index contributed by atoms with van der Waals surface area (Å²) in [6.45, 7) is 2.38. The van der Waals surface area contributed by atoms with Crippen LogP contribution in [-0.2, 0) is 9.59 Å². The topological polar surface area (TPSA) is 101 Å². The van der Waals surface area contributed by atoms with Crippen LogP contribution < -0.4 is 15.4 Å². The van der Waals surface area contributed by atoms with Gasteiger partial charge in [-0.25, -0.2) is 9.37 Å². The second-order valence-electron chi connectivity index (χ2n) is 8.59. The molecular formula is C27H27FN4O4. The van der Waals surface area contributed by atoms with E-state index in [0.717, 1.165) is 5.56 Å². The largest absolute Gasteiger partial charge is 0.483 e. The van der Waals surface area contributed by atoms with E-state index < -0.39 is 11.7 Å². The monoisotopic (exact) mass is 490 g/mol. The first kappa shape index (κ1) is 24.8. The fourth-order valence-electron chi connectivity index (χ4n) is 4.01. The first-order chi connectivity index (χ1) is 17.4. The van der Waals surface area contributed by atoms with Crippen molar-refractivity contribution in [2.75, 3.05) is 30.3 Å². The number of halogens is 1. The number of rotatable bonds is 7. The summed E-state index contributed by atoms with van der Waals surface area (Å²) in [5, 5.41) is 5.30. The molecule has 1 saturated heterocycles. The van der Waals surface area contributed by atoms with Gasteiger partial charge in [0.25, 0.3) is 11.8 Å². The van der Waals surface area contributed by atoms with Gasteiger partial charge in [0.1, 0.15) is 17.4 Å². The molecule has 4 rings (SSSR count). The molecule has 1 aliphatic heterocycles. The Hall–Kier alpha value is -4.27. The number of aryl methyl sites for hydroxylation is 1. The Morgan fingerprint density at radius 2 is 1.75 bits per heavy atom. The van der Waals surface area contributed by atoms with Gasteiger partial charge in [-0.2, -0.15) is 0 Å². The van der Waals surface area contributed by atoms with Crippen LogP contribution in [0, 0.1) is 18.7 Å². The number of carbonyl (C=O) groups excluding carboxylic acids is 3. The fraction of sp³-hybridized carbons (Fsp3) is 0.259. The third-order valence-electron chi connectivity index (χ3n) is 5.94. The molecule has 1 fully saturated rings. The van der Waals surface area contributed by atoms with E-state index >= 15 is 0 Å². The number of piperidine rings is 1. The quantitative estimate of drug-likeness (QED) is 0.521. The van der Waals surface area contributed by atoms with Crippen LogP contribution >= 0.6 is 0 Å². The lowest BCUT2D eigenvalue weighted by molar-refractivity contribution is -0.121. The summed E-state index contributed by atoms with van der Waals surface area (Å²) in [4.78, 5) is 43.9. The molecule has 0 radical (unpaired) electrons. The van der Waals surface area contributed by atoms with Crippen molar-refractivity contribution >= 4 is 29.2 Å². The summed E-state index contributed by atoms with van der Waals surface area (Å²) in [5.74, 6) is -0.875. The molecule has 0 spiro atoms. The van der Waals surface area contributed by atoms with Crippen molar-refractivity contribution in [2.24, 2.45) is 5.92 Å². The van der Waals surface area contributed by atoms with Crippen molar-refractivity contribution in [1.29, 1.82) is 0 Å². The Morgan fingerprint density at radius 3 is 2.50 bits per heavy atom. The first-order valence-electron chi connectivity index (χ1n) is 11.7. The maximum Gasteiger partial charge on any atom is 0.262 e. The van der Waals surface area contributed by atoms with Crippen LogP contribution in [0.4, 0.5) is 15.9 Å². The molecule has 8 nitrogen and oxygen atoms in total. The lowest BCUT2D eigenvalue weighted by Gasteiger charge is -2.31. The van der Waals surface area contributed by atoms with Gasteiger partial charge in [-0.05, 0) is 61.7 Å². The average molecular weight is 491 g/mol. The minimum absolute atomic E-state index is 0.0561. The van der Waals surface area contributed by atoms with Gasteiger partial charge >= 0.3 is 0 Å². The van der Waals surface area contributed by atoms with Crippen molar-refractivity contribution in [3.8, 4) is 5.75 Å². The van der Waals surface area contributed by atoms with Crippen molar-refractivity contribution < 1.29 is 23.5 Å². The normalized spacial score (nSPS) is 13.7. The van der Waals surface area contributed by atoms with Crippen LogP contribution in [0.25, 0.3) is 0 Å². The third-order valence-corrected chi connectivity index (χ3v) is 5.94. The molecular weight excluding hydrogens is 463 g/mol. The molecule has 0 unspecified atom stereocenters. The van der Waals surface area contributed by atoms with Crippen molar-refractivity contribution in [1.82, 2.24) is 9.88 Å². The molecule has 0 saturated carbocycles. The van der Waals surface area contributed by atoms with Crippen LogP contribution in [0.2, 0.25) is 0 Å². The summed E-state index contributed by atoms with van der Waals surface area (Å²) in [6.07, 6.45) is 2.70. The van der Waals surface area contributed by atoms with Gasteiger partial charge in [-0.15, -0.1) is 0 Å². The molecule has 9 heteroatoms. The van der Waals surface area contributed by atoms with E-state index in [-0.39, 0.29) is 35.8 Å². The number of anilines is 2. The first-order valence-corrected chi connectivity index (χ1v) is 11.7. The van der Waals surface area contributed by atoms with E-state index in [1.165, 1.54) is 18.2 Å². The van der Waals surface area contributed by atoms with Crippen molar-refractivity contribution in [2.45, 2.75) is 19.8 Å². The zero-order chi connectivity index (χ0) is 25.5. The smallest absolute Gasteiger partial charge is 0.262 e. The molecule has 0 bridgehead atoms. The van der Waals surface area contributed by atoms with Crippen LogP contribution in [0.3, 0.4) is 0 Å². The van der Waals surface area contributed by atoms with Gasteiger partial charge in [-0.3, -0.25) is 14.4 Å². The average Bonchev–Trinajstić information content (AvgIpc) is 2.89. The number of aromatic nitrogens is 1. The molecule has 0 atom stereocenters. The molecule has 1 aliphatic rings. The standard InChI is InChI=1S/C27H27FN4O4/c1-18-10-13-29-24(16-18)31-26(34)19-11-14-32(15-12-19)27(35)20-6-2-5-9-23(20)36-17-25(33)30-22-8-4-3-7-21(22)28/h2-10,13,16,19H,11-12,14-15,17H2,1H3,(H,30,33)(H,29,31,34). The molecule has 3 aromatic rings. The minimum atomic E-state index is -0.548. The van der Waals surface area contributed by atoms with Gasteiger partial charge in [0.2, 0.25) is 5.91 Å². The van der Waals surface area contributed by atoms with Crippen LogP contribution in [0.15, 0.2) is 66.9 Å². The van der Waals surface area contributed by atoms with Crippen LogP contribution in [0.5, 0.6) is 5.75 Å². The molecule has 2 aromatic carbocycles. The van der Waals surface area contributed by atoms with Gasteiger partial charge in [0.05, 0.1) is 11.3 Å². The van der Waals surface area contributed by atoms with E-state index in [1.807, 2.05) is 19.1 Å². The van der Waals surface area contributed by atoms with E-state index in [9.17, 15) is 18.8 Å². The molecule has 36 heavy (non-hydrogen) atoms. The van der Waals surface area contributed by atoms with Gasteiger partial charge in [-0.1, -0.05) is 24.3 Å². The van der Waals surface area contributed by atoms with E-state index in [2.05, 4.69) is 15.6 Å². The molecule has 1 aromatic heterocycles. The number of nitrogens with one attached hydrogen (secondary N) is 2. The highest BCUT2D eigenvalue weighted by molar-refractivity contribution is 5.98. The van der Waals surface area contributed by atoms with Crippen molar-refractivity contribution in [3.63, 3.8) is 0 Å². The molecule has 186 valence electrons. The summed E-state index contributed by atoms with van der Waals surface area (Å²) >= 11 is 0. The fourth-order valence-corrected chi connectivity index (χ4v) is 4.01. The number of hydrogen-bond acceptors (Lipinski definition) is 5. The van der Waals surface area contributed by atoms with E-state index in [0.29, 0.717) is 37.3 Å². The second kappa shape index (κ2) is 11.4. The zero-order valence-corrected chi connectivity index (χ0v) is 19.9. The number of likely N-dealkylation sites (tertiary alicyclic amines) is 1. The third kappa shape index (κ3) is 6.24. The number of ether oxygens (including phenoxy) is 1. The number of benzene rings is 2. The van der Waals surface area contributed by atoms with Crippen LogP contribution in [0.1, 0.15) is 28.8 Å².